The molecule has 1 unspecified atom stereocenters. The molecule has 0 bridgehead atoms. The maximum Gasteiger partial charge on any atom is 0.416 e. The molecule has 0 heterocycles. The van der Waals surface area contributed by atoms with Gasteiger partial charge in [0, 0.05) is 6.04 Å². The van der Waals surface area contributed by atoms with Crippen LogP contribution in [0.15, 0.2) is 48.5 Å². The van der Waals surface area contributed by atoms with Crippen molar-refractivity contribution in [3.8, 4) is 0 Å². The van der Waals surface area contributed by atoms with Gasteiger partial charge in [0.1, 0.15) is 5.82 Å². The van der Waals surface area contributed by atoms with Crippen molar-refractivity contribution in [2.24, 2.45) is 0 Å². The number of benzene rings is 2. The van der Waals surface area contributed by atoms with E-state index in [-0.39, 0.29) is 11.9 Å². The average Bonchev–Trinajstić information content (AvgIpc) is 2.46. The fourth-order valence-corrected chi connectivity index (χ4v) is 2.17. The first-order valence-electron chi connectivity index (χ1n) is 6.49. The van der Waals surface area contributed by atoms with Crippen LogP contribution in [0, 0.1) is 5.82 Å². The highest BCUT2D eigenvalue weighted by molar-refractivity contribution is 5.29. The van der Waals surface area contributed by atoms with Gasteiger partial charge in [-0.1, -0.05) is 24.3 Å². The zero-order valence-electron chi connectivity index (χ0n) is 11.4. The molecule has 0 saturated carbocycles. The Morgan fingerprint density at radius 2 is 1.71 bits per heavy atom. The molecule has 0 saturated heterocycles. The van der Waals surface area contributed by atoms with Crippen LogP contribution < -0.4 is 5.32 Å². The third-order valence-electron chi connectivity index (χ3n) is 3.32. The van der Waals surface area contributed by atoms with Crippen LogP contribution in [0.5, 0.6) is 0 Å². The Hall–Kier alpha value is -1.88. The highest BCUT2D eigenvalue weighted by Crippen LogP contribution is 2.31. The maximum atomic E-state index is 12.9. The fourth-order valence-electron chi connectivity index (χ4n) is 2.17. The number of halogens is 4. The molecule has 112 valence electrons. The lowest BCUT2D eigenvalue weighted by Gasteiger charge is -2.18. The van der Waals surface area contributed by atoms with E-state index in [1.54, 1.807) is 25.2 Å². The molecule has 0 aliphatic carbocycles. The topological polar surface area (TPSA) is 12.0 Å². The van der Waals surface area contributed by atoms with Gasteiger partial charge in [0.05, 0.1) is 5.56 Å². The molecule has 21 heavy (non-hydrogen) atoms. The van der Waals surface area contributed by atoms with E-state index in [2.05, 4.69) is 5.32 Å². The zero-order valence-corrected chi connectivity index (χ0v) is 11.4. The summed E-state index contributed by atoms with van der Waals surface area (Å²) >= 11 is 0. The van der Waals surface area contributed by atoms with E-state index in [1.807, 2.05) is 0 Å². The molecule has 0 aliphatic heterocycles. The van der Waals surface area contributed by atoms with Crippen LogP contribution in [-0.2, 0) is 12.6 Å². The van der Waals surface area contributed by atoms with Crippen molar-refractivity contribution in [3.63, 3.8) is 0 Å². The number of rotatable bonds is 4. The number of hydrogen-bond acceptors (Lipinski definition) is 1. The van der Waals surface area contributed by atoms with E-state index in [4.69, 9.17) is 0 Å². The Morgan fingerprint density at radius 3 is 2.29 bits per heavy atom. The summed E-state index contributed by atoms with van der Waals surface area (Å²) in [7, 11) is 1.69. The Bertz CT molecular complexity index is 590. The highest BCUT2D eigenvalue weighted by atomic mass is 19.4. The quantitative estimate of drug-likeness (QED) is 0.827. The Balaban J connectivity index is 2.23. The van der Waals surface area contributed by atoms with E-state index in [0.717, 1.165) is 17.7 Å². The number of alkyl halides is 3. The first-order valence-corrected chi connectivity index (χ1v) is 6.49. The first-order chi connectivity index (χ1) is 9.90. The third-order valence-corrected chi connectivity index (χ3v) is 3.32. The van der Waals surface area contributed by atoms with Gasteiger partial charge in [-0.05, 0) is 48.9 Å². The maximum absolute atomic E-state index is 12.9. The Morgan fingerprint density at radius 1 is 1.05 bits per heavy atom. The minimum absolute atomic E-state index is 0.266. The molecule has 0 fully saturated rings. The van der Waals surface area contributed by atoms with Gasteiger partial charge in [-0.2, -0.15) is 13.2 Å². The predicted molar refractivity (Wildman–Crippen MR) is 73.3 cm³/mol. The monoisotopic (exact) mass is 297 g/mol. The predicted octanol–water partition coefficient (Wildman–Crippen LogP) is 4.35. The molecular weight excluding hydrogens is 282 g/mol. The normalized spacial score (nSPS) is 13.2. The molecule has 5 heteroatoms. The molecule has 2 aromatic rings. The second kappa shape index (κ2) is 6.26. The van der Waals surface area contributed by atoms with Gasteiger partial charge in [0.15, 0.2) is 0 Å². The lowest BCUT2D eigenvalue weighted by Crippen LogP contribution is -2.19. The number of likely N-dealkylation sites (N-methyl/N-ethyl adjacent to an activating group) is 1. The molecule has 2 aromatic carbocycles. The van der Waals surface area contributed by atoms with Crippen LogP contribution in [0.2, 0.25) is 0 Å². The molecule has 1 atom stereocenters. The summed E-state index contributed by atoms with van der Waals surface area (Å²) in [5.74, 6) is -0.334. The van der Waals surface area contributed by atoms with Crippen molar-refractivity contribution in [1.82, 2.24) is 5.32 Å². The minimum atomic E-state index is -4.36. The summed E-state index contributed by atoms with van der Waals surface area (Å²) in [6.45, 7) is 0. The van der Waals surface area contributed by atoms with Gasteiger partial charge in [0.25, 0.3) is 0 Å². The second-order valence-corrected chi connectivity index (χ2v) is 4.80. The Kier molecular flexibility index (Phi) is 4.63. The van der Waals surface area contributed by atoms with Crippen LogP contribution in [-0.4, -0.2) is 7.05 Å². The van der Waals surface area contributed by atoms with Crippen molar-refractivity contribution >= 4 is 0 Å². The zero-order chi connectivity index (χ0) is 15.5. The van der Waals surface area contributed by atoms with Gasteiger partial charge < -0.3 is 5.32 Å². The highest BCUT2D eigenvalue weighted by Gasteiger charge is 2.30. The van der Waals surface area contributed by atoms with Crippen LogP contribution in [0.3, 0.4) is 0 Å². The van der Waals surface area contributed by atoms with Gasteiger partial charge in [-0.3, -0.25) is 0 Å². The summed E-state index contributed by atoms with van der Waals surface area (Å²) in [6, 6.07) is 10.9. The summed E-state index contributed by atoms with van der Waals surface area (Å²) in [5, 5.41) is 3.00. The van der Waals surface area contributed by atoms with E-state index < -0.39 is 11.7 Å². The third kappa shape index (κ3) is 4.04. The molecule has 1 N–H and O–H groups in total. The molecule has 0 spiro atoms. The number of hydrogen-bond donors (Lipinski definition) is 1. The second-order valence-electron chi connectivity index (χ2n) is 4.80. The Labute approximate surface area is 120 Å². The molecule has 2 rings (SSSR count). The summed E-state index contributed by atoms with van der Waals surface area (Å²) < 4.78 is 51.1. The average molecular weight is 297 g/mol. The van der Waals surface area contributed by atoms with E-state index in [0.29, 0.717) is 12.0 Å². The minimum Gasteiger partial charge on any atom is -0.313 e. The van der Waals surface area contributed by atoms with Crippen molar-refractivity contribution in [3.05, 3.63) is 71.0 Å². The summed E-state index contributed by atoms with van der Waals surface area (Å²) in [6.07, 6.45) is -3.87. The van der Waals surface area contributed by atoms with Gasteiger partial charge >= 0.3 is 6.18 Å². The van der Waals surface area contributed by atoms with E-state index >= 15 is 0 Å². The van der Waals surface area contributed by atoms with Crippen LogP contribution in [0.25, 0.3) is 0 Å². The first kappa shape index (κ1) is 15.5. The standard InChI is InChI=1S/C16H15F4N/c1-21-15(9-11-5-7-14(17)8-6-11)12-3-2-4-13(10-12)16(18,19)20/h2-8,10,15,21H,9H2,1H3. The fraction of sp³-hybridized carbons (Fsp3) is 0.250. The van der Waals surface area contributed by atoms with Gasteiger partial charge in [-0.25, -0.2) is 4.39 Å². The van der Waals surface area contributed by atoms with Crippen LogP contribution in [0.4, 0.5) is 17.6 Å². The van der Waals surface area contributed by atoms with E-state index in [9.17, 15) is 17.6 Å². The smallest absolute Gasteiger partial charge is 0.313 e. The summed E-state index contributed by atoms with van der Waals surface area (Å²) in [5.41, 5.74) is 0.740. The van der Waals surface area contributed by atoms with Crippen molar-refractivity contribution in [2.45, 2.75) is 18.6 Å². The molecular formula is C16H15F4N. The van der Waals surface area contributed by atoms with Crippen molar-refractivity contribution in [1.29, 1.82) is 0 Å². The summed E-state index contributed by atoms with van der Waals surface area (Å²) in [4.78, 5) is 0. The molecule has 1 nitrogen and oxygen atoms in total. The molecule has 0 radical (unpaired) electrons. The lowest BCUT2D eigenvalue weighted by molar-refractivity contribution is -0.137. The van der Waals surface area contributed by atoms with Crippen molar-refractivity contribution in [2.75, 3.05) is 7.05 Å². The van der Waals surface area contributed by atoms with Crippen LogP contribution in [0.1, 0.15) is 22.7 Å². The van der Waals surface area contributed by atoms with Gasteiger partial charge in [0.2, 0.25) is 0 Å². The molecule has 0 aromatic heterocycles. The molecule has 0 amide bonds. The van der Waals surface area contributed by atoms with E-state index in [1.165, 1.54) is 18.2 Å². The largest absolute Gasteiger partial charge is 0.416 e. The number of nitrogens with one attached hydrogen (secondary N) is 1. The van der Waals surface area contributed by atoms with Crippen molar-refractivity contribution < 1.29 is 17.6 Å². The van der Waals surface area contributed by atoms with Crippen LogP contribution >= 0.6 is 0 Å². The lowest BCUT2D eigenvalue weighted by atomic mass is 9.97. The molecule has 0 aliphatic rings. The SMILES string of the molecule is CNC(Cc1ccc(F)cc1)c1cccc(C(F)(F)F)c1. The van der Waals surface area contributed by atoms with Gasteiger partial charge in [-0.15, -0.1) is 0 Å².